The fourth-order valence-electron chi connectivity index (χ4n) is 3.37. The molecule has 1 aliphatic rings. The number of tetrazole rings is 1. The van der Waals surface area contributed by atoms with Crippen LogP contribution in [0.25, 0.3) is 5.69 Å². The molecule has 3 heterocycles. The maximum Gasteiger partial charge on any atom is 0.266 e. The van der Waals surface area contributed by atoms with Crippen LogP contribution in [0.1, 0.15) is 33.2 Å². The summed E-state index contributed by atoms with van der Waals surface area (Å²) in [5.41, 5.74) is 2.08. The van der Waals surface area contributed by atoms with Crippen molar-refractivity contribution in [3.05, 3.63) is 46.2 Å². The number of carbonyl (C=O) groups excluding carboxylic acids is 2. The zero-order valence-electron chi connectivity index (χ0n) is 15.5. The van der Waals surface area contributed by atoms with E-state index in [1.807, 2.05) is 26.0 Å². The maximum atomic E-state index is 12.9. The monoisotopic (exact) mass is 397 g/mol. The van der Waals surface area contributed by atoms with Gasteiger partial charge in [0.1, 0.15) is 17.2 Å². The minimum atomic E-state index is -0.494. The summed E-state index contributed by atoms with van der Waals surface area (Å²) in [4.78, 5) is 32.4. The Morgan fingerprint density at radius 3 is 2.86 bits per heavy atom. The lowest BCUT2D eigenvalue weighted by atomic mass is 10.2. The van der Waals surface area contributed by atoms with E-state index in [-0.39, 0.29) is 11.8 Å². The predicted molar refractivity (Wildman–Crippen MR) is 103 cm³/mol. The van der Waals surface area contributed by atoms with Crippen molar-refractivity contribution in [2.24, 2.45) is 0 Å². The number of anilines is 1. The van der Waals surface area contributed by atoms with Crippen LogP contribution >= 0.6 is 11.3 Å². The highest BCUT2D eigenvalue weighted by atomic mass is 32.1. The minimum Gasteiger partial charge on any atom is -0.326 e. The molecule has 4 rings (SSSR count). The number of aryl methyl sites for hydroxylation is 2. The van der Waals surface area contributed by atoms with Crippen molar-refractivity contribution in [3.63, 3.8) is 0 Å². The SMILES string of the molecule is Cc1nc(C)c(C(=O)N2CCC[C@H]2C(=O)Nc2cccc(-n3cnnn3)c2)s1. The Morgan fingerprint density at radius 2 is 2.14 bits per heavy atom. The van der Waals surface area contributed by atoms with Gasteiger partial charge in [-0.2, -0.15) is 0 Å². The van der Waals surface area contributed by atoms with Crippen molar-refractivity contribution in [1.82, 2.24) is 30.1 Å². The number of carbonyl (C=O) groups is 2. The van der Waals surface area contributed by atoms with E-state index >= 15 is 0 Å². The van der Waals surface area contributed by atoms with Gasteiger partial charge in [0.15, 0.2) is 0 Å². The summed E-state index contributed by atoms with van der Waals surface area (Å²) in [6.45, 7) is 4.27. The van der Waals surface area contributed by atoms with Crippen LogP contribution in [0.4, 0.5) is 5.69 Å². The van der Waals surface area contributed by atoms with Crippen molar-refractivity contribution in [2.45, 2.75) is 32.7 Å². The first-order valence-electron chi connectivity index (χ1n) is 8.92. The van der Waals surface area contributed by atoms with Crippen LogP contribution in [-0.4, -0.2) is 54.5 Å². The summed E-state index contributed by atoms with van der Waals surface area (Å²) in [5, 5.41) is 14.8. The van der Waals surface area contributed by atoms with E-state index in [1.54, 1.807) is 17.0 Å². The number of benzene rings is 1. The van der Waals surface area contributed by atoms with Gasteiger partial charge in [0.05, 0.1) is 16.4 Å². The average molecular weight is 397 g/mol. The Hall–Kier alpha value is -3.14. The van der Waals surface area contributed by atoms with E-state index < -0.39 is 6.04 Å². The molecule has 3 aromatic rings. The summed E-state index contributed by atoms with van der Waals surface area (Å²) in [6.07, 6.45) is 2.92. The van der Waals surface area contributed by atoms with Crippen molar-refractivity contribution < 1.29 is 9.59 Å². The van der Waals surface area contributed by atoms with Crippen molar-refractivity contribution in [2.75, 3.05) is 11.9 Å². The van der Waals surface area contributed by atoms with Gasteiger partial charge >= 0.3 is 0 Å². The van der Waals surface area contributed by atoms with Crippen molar-refractivity contribution in [1.29, 1.82) is 0 Å². The van der Waals surface area contributed by atoms with Gasteiger partial charge in [-0.1, -0.05) is 6.07 Å². The third kappa shape index (κ3) is 3.50. The largest absolute Gasteiger partial charge is 0.326 e. The van der Waals surface area contributed by atoms with Crippen molar-refractivity contribution >= 4 is 28.8 Å². The van der Waals surface area contributed by atoms with Gasteiger partial charge in [0, 0.05) is 12.2 Å². The van der Waals surface area contributed by atoms with Gasteiger partial charge in [-0.15, -0.1) is 16.4 Å². The zero-order chi connectivity index (χ0) is 19.7. The fourth-order valence-corrected chi connectivity index (χ4v) is 4.25. The highest BCUT2D eigenvalue weighted by Gasteiger charge is 2.35. The molecule has 28 heavy (non-hydrogen) atoms. The molecule has 1 fully saturated rings. The number of hydrogen-bond acceptors (Lipinski definition) is 7. The minimum absolute atomic E-state index is 0.122. The normalized spacial score (nSPS) is 16.4. The number of aromatic nitrogens is 5. The second-order valence-corrected chi connectivity index (χ2v) is 7.80. The Morgan fingerprint density at radius 1 is 1.29 bits per heavy atom. The zero-order valence-corrected chi connectivity index (χ0v) is 16.3. The fraction of sp³-hybridized carbons (Fsp3) is 0.333. The summed E-state index contributed by atoms with van der Waals surface area (Å²) >= 11 is 1.37. The number of nitrogens with one attached hydrogen (secondary N) is 1. The molecule has 2 aromatic heterocycles. The van der Waals surface area contributed by atoms with E-state index in [9.17, 15) is 9.59 Å². The lowest BCUT2D eigenvalue weighted by molar-refractivity contribution is -0.119. The molecule has 0 saturated carbocycles. The standard InChI is InChI=1S/C18H19N7O2S/c1-11-16(28-12(2)20-11)18(27)24-8-4-7-15(24)17(26)21-13-5-3-6-14(9-13)25-10-19-22-23-25/h3,5-6,9-10,15H,4,7-8H2,1-2H3,(H,21,26)/t15-/m0/s1. The molecule has 0 bridgehead atoms. The third-order valence-electron chi connectivity index (χ3n) is 4.64. The van der Waals surface area contributed by atoms with Crippen molar-refractivity contribution in [3.8, 4) is 5.69 Å². The first kappa shape index (κ1) is 18.2. The van der Waals surface area contributed by atoms with E-state index in [0.717, 1.165) is 17.1 Å². The van der Waals surface area contributed by atoms with Crippen LogP contribution in [0.15, 0.2) is 30.6 Å². The molecule has 10 heteroatoms. The van der Waals surface area contributed by atoms with Gasteiger partial charge < -0.3 is 10.2 Å². The highest BCUT2D eigenvalue weighted by Crippen LogP contribution is 2.26. The first-order chi connectivity index (χ1) is 13.5. The quantitative estimate of drug-likeness (QED) is 0.722. The molecular formula is C18H19N7O2S. The molecule has 0 radical (unpaired) electrons. The molecule has 1 N–H and O–H groups in total. The van der Waals surface area contributed by atoms with Crippen LogP contribution in [-0.2, 0) is 4.79 Å². The van der Waals surface area contributed by atoms with E-state index in [0.29, 0.717) is 29.2 Å². The second-order valence-electron chi connectivity index (χ2n) is 6.60. The van der Waals surface area contributed by atoms with E-state index in [1.165, 1.54) is 22.3 Å². The number of likely N-dealkylation sites (tertiary alicyclic amines) is 1. The van der Waals surface area contributed by atoms with E-state index in [2.05, 4.69) is 25.8 Å². The Balaban J connectivity index is 1.50. The third-order valence-corrected chi connectivity index (χ3v) is 5.70. The molecule has 1 aliphatic heterocycles. The molecule has 0 unspecified atom stereocenters. The Bertz CT molecular complexity index is 1010. The van der Waals surface area contributed by atoms with Crippen LogP contribution in [0.2, 0.25) is 0 Å². The molecule has 0 aliphatic carbocycles. The van der Waals surface area contributed by atoms with Gasteiger partial charge in [-0.05, 0) is 55.3 Å². The van der Waals surface area contributed by atoms with Gasteiger partial charge in [0.25, 0.3) is 5.91 Å². The number of amides is 2. The molecule has 0 spiro atoms. The Kier molecular flexibility index (Phi) is 4.86. The second kappa shape index (κ2) is 7.47. The molecule has 144 valence electrons. The molecule has 9 nitrogen and oxygen atoms in total. The molecule has 1 aromatic carbocycles. The van der Waals surface area contributed by atoms with Gasteiger partial charge in [-0.3, -0.25) is 9.59 Å². The average Bonchev–Trinajstić information content (AvgIpc) is 3.42. The lowest BCUT2D eigenvalue weighted by Crippen LogP contribution is -2.43. The predicted octanol–water partition coefficient (Wildman–Crippen LogP) is 1.98. The number of hydrogen-bond donors (Lipinski definition) is 1. The van der Waals surface area contributed by atoms with Gasteiger partial charge in [-0.25, -0.2) is 9.67 Å². The summed E-state index contributed by atoms with van der Waals surface area (Å²) < 4.78 is 1.51. The first-order valence-corrected chi connectivity index (χ1v) is 9.74. The lowest BCUT2D eigenvalue weighted by Gasteiger charge is -2.23. The Labute approximate surface area is 165 Å². The topological polar surface area (TPSA) is 106 Å². The van der Waals surface area contributed by atoms with Crippen LogP contribution in [0.3, 0.4) is 0 Å². The summed E-state index contributed by atoms with van der Waals surface area (Å²) in [5.74, 6) is -0.318. The molecular weight excluding hydrogens is 378 g/mol. The summed E-state index contributed by atoms with van der Waals surface area (Å²) in [6, 6.07) is 6.74. The van der Waals surface area contributed by atoms with Gasteiger partial charge in [0.2, 0.25) is 5.91 Å². The van der Waals surface area contributed by atoms with Crippen LogP contribution in [0.5, 0.6) is 0 Å². The summed E-state index contributed by atoms with van der Waals surface area (Å²) in [7, 11) is 0. The molecule has 1 saturated heterocycles. The smallest absolute Gasteiger partial charge is 0.266 e. The number of rotatable bonds is 4. The number of nitrogens with zero attached hydrogens (tertiary/aromatic N) is 6. The van der Waals surface area contributed by atoms with E-state index in [4.69, 9.17) is 0 Å². The highest BCUT2D eigenvalue weighted by molar-refractivity contribution is 7.13. The number of thiazole rings is 1. The van der Waals surface area contributed by atoms with Crippen LogP contribution in [0, 0.1) is 13.8 Å². The molecule has 1 atom stereocenters. The van der Waals surface area contributed by atoms with Crippen LogP contribution < -0.4 is 5.32 Å². The molecule has 2 amide bonds. The maximum absolute atomic E-state index is 12.9.